The summed E-state index contributed by atoms with van der Waals surface area (Å²) in [4.78, 5) is 0. The zero-order chi connectivity index (χ0) is 19.6. The van der Waals surface area contributed by atoms with Gasteiger partial charge in [0.15, 0.2) is 0 Å². The van der Waals surface area contributed by atoms with Crippen molar-refractivity contribution in [2.45, 2.75) is 26.7 Å². The molecule has 2 rings (SSSR count). The molecule has 0 spiro atoms. The molecule has 144 valence electrons. The van der Waals surface area contributed by atoms with Gasteiger partial charge in [0.1, 0.15) is 5.75 Å². The minimum absolute atomic E-state index is 0.133. The van der Waals surface area contributed by atoms with Crippen molar-refractivity contribution in [2.75, 3.05) is 23.4 Å². The van der Waals surface area contributed by atoms with E-state index in [9.17, 15) is 8.42 Å². The lowest BCUT2D eigenvalue weighted by molar-refractivity contribution is 0.318. The second-order valence-electron chi connectivity index (χ2n) is 5.58. The van der Waals surface area contributed by atoms with Gasteiger partial charge in [-0.1, -0.05) is 31.9 Å². The number of hydrogen-bond acceptors (Lipinski definition) is 5. The van der Waals surface area contributed by atoms with Gasteiger partial charge in [-0.15, -0.1) is 0 Å². The van der Waals surface area contributed by atoms with Crippen LogP contribution in [0.25, 0.3) is 0 Å². The standard InChI is InChI=1S/C15H17ClN2O4S.C3H8/c16-11-2-4-12(5-3-11)18-13-6-7-14(17)15(10-13)22-8-1-9-23(19,20)21;1-3-2/h2-7,10,18H,1,8-9,17H2,(H,19,20,21);3H2,1-2H3. The highest BCUT2D eigenvalue weighted by atomic mass is 35.5. The summed E-state index contributed by atoms with van der Waals surface area (Å²) in [5.41, 5.74) is 7.90. The van der Waals surface area contributed by atoms with E-state index >= 15 is 0 Å². The fourth-order valence-electron chi connectivity index (χ4n) is 1.86. The molecule has 0 radical (unpaired) electrons. The Morgan fingerprint density at radius 3 is 2.27 bits per heavy atom. The normalized spacial score (nSPS) is 10.6. The molecule has 4 N–H and O–H groups in total. The second kappa shape index (κ2) is 10.9. The monoisotopic (exact) mass is 400 g/mol. The van der Waals surface area contributed by atoms with E-state index in [4.69, 9.17) is 26.6 Å². The number of anilines is 3. The largest absolute Gasteiger partial charge is 0.491 e. The highest BCUT2D eigenvalue weighted by Crippen LogP contribution is 2.28. The van der Waals surface area contributed by atoms with Crippen molar-refractivity contribution in [3.8, 4) is 5.75 Å². The summed E-state index contributed by atoms with van der Waals surface area (Å²) in [6, 6.07) is 12.4. The molecule has 8 heteroatoms. The number of benzene rings is 2. The summed E-state index contributed by atoms with van der Waals surface area (Å²) >= 11 is 5.84. The third-order valence-electron chi connectivity index (χ3n) is 2.95. The molecule has 0 aliphatic heterocycles. The van der Waals surface area contributed by atoms with Crippen molar-refractivity contribution in [3.05, 3.63) is 47.5 Å². The van der Waals surface area contributed by atoms with Crippen LogP contribution in [0.15, 0.2) is 42.5 Å². The highest BCUT2D eigenvalue weighted by molar-refractivity contribution is 7.85. The maximum Gasteiger partial charge on any atom is 0.264 e. The fraction of sp³-hybridized carbons (Fsp3) is 0.333. The Morgan fingerprint density at radius 2 is 1.69 bits per heavy atom. The smallest absolute Gasteiger partial charge is 0.264 e. The molecule has 0 unspecified atom stereocenters. The number of halogens is 1. The Labute approximate surface area is 160 Å². The average Bonchev–Trinajstić information content (AvgIpc) is 2.56. The topological polar surface area (TPSA) is 102 Å². The molecule has 0 amide bonds. The van der Waals surface area contributed by atoms with E-state index in [0.717, 1.165) is 11.4 Å². The molecular formula is C18H25ClN2O4S. The zero-order valence-corrected chi connectivity index (χ0v) is 16.5. The van der Waals surface area contributed by atoms with E-state index in [1.807, 2.05) is 12.1 Å². The van der Waals surface area contributed by atoms with Crippen LogP contribution in [-0.4, -0.2) is 25.3 Å². The van der Waals surface area contributed by atoms with Crippen LogP contribution in [0, 0.1) is 0 Å². The number of nitrogens with two attached hydrogens (primary N) is 1. The van der Waals surface area contributed by atoms with Gasteiger partial charge >= 0.3 is 0 Å². The summed E-state index contributed by atoms with van der Waals surface area (Å²) < 4.78 is 35.4. The number of ether oxygens (including phenoxy) is 1. The molecule has 0 heterocycles. The summed E-state index contributed by atoms with van der Waals surface area (Å²) in [6.07, 6.45) is 1.42. The summed E-state index contributed by atoms with van der Waals surface area (Å²) in [5, 5.41) is 3.83. The SMILES string of the molecule is CCC.Nc1ccc(Nc2ccc(Cl)cc2)cc1OCCCS(=O)(=O)O. The number of rotatable bonds is 7. The lowest BCUT2D eigenvalue weighted by Crippen LogP contribution is -2.09. The van der Waals surface area contributed by atoms with Gasteiger partial charge in [0.2, 0.25) is 0 Å². The van der Waals surface area contributed by atoms with Crippen LogP contribution in [0.2, 0.25) is 5.02 Å². The van der Waals surface area contributed by atoms with Crippen molar-refractivity contribution in [2.24, 2.45) is 0 Å². The first-order chi connectivity index (χ1) is 12.2. The Kier molecular flexibility index (Phi) is 9.26. The Bertz CT molecular complexity index is 780. The molecule has 2 aromatic carbocycles. The molecule has 2 aromatic rings. The van der Waals surface area contributed by atoms with Crippen LogP contribution < -0.4 is 15.8 Å². The average molecular weight is 401 g/mol. The first kappa shape index (κ1) is 22.1. The van der Waals surface area contributed by atoms with Gasteiger partial charge in [-0.2, -0.15) is 8.42 Å². The molecule has 0 aromatic heterocycles. The van der Waals surface area contributed by atoms with Gasteiger partial charge < -0.3 is 15.8 Å². The van der Waals surface area contributed by atoms with Crippen LogP contribution in [0.3, 0.4) is 0 Å². The first-order valence-electron chi connectivity index (χ1n) is 8.25. The Balaban J connectivity index is 0.00000105. The van der Waals surface area contributed by atoms with Gasteiger partial charge in [-0.25, -0.2) is 0 Å². The van der Waals surface area contributed by atoms with E-state index in [1.165, 1.54) is 6.42 Å². The lowest BCUT2D eigenvalue weighted by Gasteiger charge is -2.12. The van der Waals surface area contributed by atoms with Crippen LogP contribution in [0.1, 0.15) is 26.7 Å². The van der Waals surface area contributed by atoms with Crippen LogP contribution in [-0.2, 0) is 10.1 Å². The van der Waals surface area contributed by atoms with Crippen molar-refractivity contribution in [3.63, 3.8) is 0 Å². The highest BCUT2D eigenvalue weighted by Gasteiger charge is 2.06. The molecule has 0 saturated heterocycles. The van der Waals surface area contributed by atoms with E-state index in [-0.39, 0.29) is 18.8 Å². The molecule has 0 atom stereocenters. The molecule has 26 heavy (non-hydrogen) atoms. The zero-order valence-electron chi connectivity index (χ0n) is 14.9. The number of hydrogen-bond donors (Lipinski definition) is 3. The third-order valence-corrected chi connectivity index (χ3v) is 4.01. The van der Waals surface area contributed by atoms with Crippen LogP contribution in [0.5, 0.6) is 5.75 Å². The molecule has 0 bridgehead atoms. The van der Waals surface area contributed by atoms with E-state index in [1.54, 1.807) is 30.3 Å². The quantitative estimate of drug-likeness (QED) is 0.352. The number of nitrogens with one attached hydrogen (secondary N) is 1. The van der Waals surface area contributed by atoms with Crippen molar-refractivity contribution in [1.29, 1.82) is 0 Å². The third kappa shape index (κ3) is 8.94. The van der Waals surface area contributed by atoms with Gasteiger partial charge in [-0.05, 0) is 42.8 Å². The van der Waals surface area contributed by atoms with Crippen molar-refractivity contribution >= 4 is 38.8 Å². The predicted octanol–water partition coefficient (Wildman–Crippen LogP) is 4.74. The lowest BCUT2D eigenvalue weighted by atomic mass is 10.2. The van der Waals surface area contributed by atoms with Crippen molar-refractivity contribution < 1.29 is 17.7 Å². The molecule has 0 saturated carbocycles. The molecular weight excluding hydrogens is 376 g/mol. The summed E-state index contributed by atoms with van der Waals surface area (Å²) in [6.45, 7) is 4.38. The van der Waals surface area contributed by atoms with Gasteiger partial charge in [-0.3, -0.25) is 4.55 Å². The van der Waals surface area contributed by atoms with Gasteiger partial charge in [0.25, 0.3) is 10.1 Å². The van der Waals surface area contributed by atoms with Gasteiger partial charge in [0, 0.05) is 22.5 Å². The van der Waals surface area contributed by atoms with E-state index in [2.05, 4.69) is 19.2 Å². The van der Waals surface area contributed by atoms with Crippen molar-refractivity contribution in [1.82, 2.24) is 0 Å². The minimum Gasteiger partial charge on any atom is -0.491 e. The summed E-state index contributed by atoms with van der Waals surface area (Å²) in [5.74, 6) is 0.0922. The molecule has 6 nitrogen and oxygen atoms in total. The van der Waals surface area contributed by atoms with E-state index in [0.29, 0.717) is 16.5 Å². The molecule has 0 fully saturated rings. The maximum absolute atomic E-state index is 10.6. The maximum atomic E-state index is 10.6. The molecule has 0 aliphatic rings. The summed E-state index contributed by atoms with van der Waals surface area (Å²) in [7, 11) is -3.98. The number of nitrogen functional groups attached to an aromatic ring is 1. The first-order valence-corrected chi connectivity index (χ1v) is 10.2. The Morgan fingerprint density at radius 1 is 1.12 bits per heavy atom. The fourth-order valence-corrected chi connectivity index (χ4v) is 2.47. The van der Waals surface area contributed by atoms with Gasteiger partial charge in [0.05, 0.1) is 18.0 Å². The predicted molar refractivity (Wildman–Crippen MR) is 108 cm³/mol. The Hall–Kier alpha value is -1.96. The van der Waals surface area contributed by atoms with E-state index < -0.39 is 10.1 Å². The minimum atomic E-state index is -3.98. The van der Waals surface area contributed by atoms with Crippen LogP contribution >= 0.6 is 11.6 Å². The molecule has 0 aliphatic carbocycles. The second-order valence-corrected chi connectivity index (χ2v) is 7.59. The van der Waals surface area contributed by atoms with Crippen LogP contribution in [0.4, 0.5) is 17.1 Å².